The van der Waals surface area contributed by atoms with Gasteiger partial charge in [-0.15, -0.1) is 0 Å². The van der Waals surface area contributed by atoms with Gasteiger partial charge in [0.25, 0.3) is 5.91 Å². The molecule has 8 nitrogen and oxygen atoms in total. The molecule has 0 spiro atoms. The van der Waals surface area contributed by atoms with Gasteiger partial charge in [0.05, 0.1) is 4.47 Å². The van der Waals surface area contributed by atoms with E-state index in [1.165, 1.54) is 18.5 Å². The predicted octanol–water partition coefficient (Wildman–Crippen LogP) is 5.64. The number of ketones is 1. The minimum Gasteiger partial charge on any atom is -0.506 e. The Balaban J connectivity index is 2.13. The maximum absolute atomic E-state index is 12.5. The molecule has 0 unspecified atom stereocenters. The highest BCUT2D eigenvalue weighted by atomic mass is 79.9. The molecule has 2 rings (SSSR count). The van der Waals surface area contributed by atoms with Gasteiger partial charge in [0.1, 0.15) is 11.9 Å². The molecule has 0 heterocycles. The van der Waals surface area contributed by atoms with Crippen molar-refractivity contribution in [1.82, 2.24) is 5.48 Å². The Kier molecular flexibility index (Phi) is 9.89. The molecule has 4 N–H and O–H groups in total. The number of ether oxygens (including phenoxy) is 1. The van der Waals surface area contributed by atoms with Crippen molar-refractivity contribution in [2.45, 2.75) is 32.3 Å². The van der Waals surface area contributed by atoms with Crippen LogP contribution in [0.5, 0.6) is 5.75 Å². The van der Waals surface area contributed by atoms with Crippen LogP contribution in [-0.4, -0.2) is 28.1 Å². The third-order valence-electron chi connectivity index (χ3n) is 4.41. The lowest BCUT2D eigenvalue weighted by Gasteiger charge is -2.20. The molecule has 170 valence electrons. The van der Waals surface area contributed by atoms with Gasteiger partial charge in [-0.2, -0.15) is 0 Å². The summed E-state index contributed by atoms with van der Waals surface area (Å²) in [5.74, 6) is -0.769. The van der Waals surface area contributed by atoms with Crippen LogP contribution in [-0.2, 0) is 9.53 Å². The number of hydrogen-bond acceptors (Lipinski definition) is 6. The Hall–Kier alpha value is -2.69. The normalized spacial score (nSPS) is 11.8. The van der Waals surface area contributed by atoms with Gasteiger partial charge in [0.2, 0.25) is 0 Å². The average molecular weight is 570 g/mol. The zero-order valence-electron chi connectivity index (χ0n) is 17.1. The van der Waals surface area contributed by atoms with Gasteiger partial charge in [-0.1, -0.05) is 22.0 Å². The van der Waals surface area contributed by atoms with Crippen LogP contribution in [0.25, 0.3) is 0 Å². The van der Waals surface area contributed by atoms with E-state index >= 15 is 0 Å². The van der Waals surface area contributed by atoms with E-state index < -0.39 is 18.1 Å². The number of halogens is 2. The number of phenols is 1. The summed E-state index contributed by atoms with van der Waals surface area (Å²) in [5, 5.41) is 21.6. The maximum atomic E-state index is 12.5. The number of hydroxylamine groups is 1. The van der Waals surface area contributed by atoms with E-state index in [9.17, 15) is 19.5 Å². The highest BCUT2D eigenvalue weighted by Crippen LogP contribution is 2.38. The van der Waals surface area contributed by atoms with Crippen molar-refractivity contribution < 1.29 is 29.4 Å². The molecule has 0 saturated heterocycles. The first-order valence-electron chi connectivity index (χ1n) is 9.58. The van der Waals surface area contributed by atoms with Crippen molar-refractivity contribution in [2.24, 2.45) is 0 Å². The lowest BCUT2D eigenvalue weighted by atomic mass is 10.0. The molecule has 2 aromatic carbocycles. The molecule has 0 bridgehead atoms. The average Bonchev–Trinajstić information content (AvgIpc) is 2.75. The second kappa shape index (κ2) is 12.4. The molecule has 0 aliphatic carbocycles. The molecule has 32 heavy (non-hydrogen) atoms. The Morgan fingerprint density at radius 3 is 2.47 bits per heavy atom. The number of carbonyl (C=O) groups is 3. The minimum atomic E-state index is -0.777. The van der Waals surface area contributed by atoms with Crippen LogP contribution in [0, 0.1) is 0 Å². The molecule has 1 atom stereocenters. The Morgan fingerprint density at radius 2 is 1.84 bits per heavy atom. The van der Waals surface area contributed by atoms with Gasteiger partial charge < -0.3 is 9.84 Å². The first-order valence-corrected chi connectivity index (χ1v) is 11.2. The van der Waals surface area contributed by atoms with Crippen molar-refractivity contribution >= 4 is 55.3 Å². The SMILES string of the molecule is CC(=O)c1ccc(NC(=O)O[C@H](CCC/C=C/C(=O)NO)c2cc(Br)cc(Br)c2O)cc1. The van der Waals surface area contributed by atoms with E-state index in [2.05, 4.69) is 37.2 Å². The number of unbranched alkanes of at least 4 members (excludes halogenated alkanes) is 1. The van der Waals surface area contributed by atoms with Gasteiger partial charge >= 0.3 is 6.09 Å². The van der Waals surface area contributed by atoms with Gasteiger partial charge in [-0.25, -0.2) is 10.3 Å². The van der Waals surface area contributed by atoms with Crippen LogP contribution in [0.1, 0.15) is 48.2 Å². The molecule has 2 amide bonds. The standard InChI is InChI=1S/C22H22Br2N2O6/c1-13(27)14-7-9-16(10-8-14)25-22(30)32-19(5-3-2-4-6-20(28)26-31)17-11-15(23)12-18(24)21(17)29/h4,6-12,19,29,31H,2-3,5H2,1H3,(H,25,30)(H,26,28)/b6-4+/t19-/m1/s1. The van der Waals surface area contributed by atoms with Gasteiger partial charge in [0, 0.05) is 27.4 Å². The summed E-state index contributed by atoms with van der Waals surface area (Å²) in [4.78, 5) is 34.9. The summed E-state index contributed by atoms with van der Waals surface area (Å²) >= 11 is 6.64. The Bertz CT molecular complexity index is 1010. The van der Waals surface area contributed by atoms with E-state index in [1.807, 2.05) is 0 Å². The van der Waals surface area contributed by atoms with E-state index in [4.69, 9.17) is 9.94 Å². The highest BCUT2D eigenvalue weighted by Gasteiger charge is 2.22. The molecule has 0 fully saturated rings. The third-order valence-corrected chi connectivity index (χ3v) is 5.47. The predicted molar refractivity (Wildman–Crippen MR) is 126 cm³/mol. The number of anilines is 1. The monoisotopic (exact) mass is 568 g/mol. The zero-order valence-corrected chi connectivity index (χ0v) is 20.3. The molecule has 0 radical (unpaired) electrons. The van der Waals surface area contributed by atoms with Crippen LogP contribution in [0.3, 0.4) is 0 Å². The molecular formula is C22H22Br2N2O6. The van der Waals surface area contributed by atoms with Crippen molar-refractivity contribution in [3.05, 3.63) is 68.6 Å². The van der Waals surface area contributed by atoms with Crippen LogP contribution >= 0.6 is 31.9 Å². The number of hydrogen-bond donors (Lipinski definition) is 4. The van der Waals surface area contributed by atoms with Crippen LogP contribution < -0.4 is 10.8 Å². The third kappa shape index (κ3) is 7.77. The van der Waals surface area contributed by atoms with E-state index in [0.29, 0.717) is 45.0 Å². The van der Waals surface area contributed by atoms with E-state index in [-0.39, 0.29) is 11.5 Å². The van der Waals surface area contributed by atoms with Gasteiger partial charge in [0.15, 0.2) is 5.78 Å². The fourth-order valence-electron chi connectivity index (χ4n) is 2.82. The van der Waals surface area contributed by atoms with Crippen LogP contribution in [0.4, 0.5) is 10.5 Å². The summed E-state index contributed by atoms with van der Waals surface area (Å²) in [6, 6.07) is 9.72. The number of amides is 2. The quantitative estimate of drug-likeness (QED) is 0.102. The lowest BCUT2D eigenvalue weighted by Crippen LogP contribution is -2.18. The molecule has 2 aromatic rings. The smallest absolute Gasteiger partial charge is 0.412 e. The van der Waals surface area contributed by atoms with Crippen molar-refractivity contribution in [3.63, 3.8) is 0 Å². The van der Waals surface area contributed by atoms with E-state index in [0.717, 1.165) is 0 Å². The molecule has 0 aromatic heterocycles. The number of Topliss-reactive ketones (excluding diaryl/α,β-unsaturated/α-hetero) is 1. The number of carbonyl (C=O) groups excluding carboxylic acids is 3. The maximum Gasteiger partial charge on any atom is 0.412 e. The number of aromatic hydroxyl groups is 1. The van der Waals surface area contributed by atoms with Crippen LogP contribution in [0.15, 0.2) is 57.5 Å². The summed E-state index contributed by atoms with van der Waals surface area (Å²) in [6.07, 6.45) is 2.65. The second-order valence-corrected chi connectivity index (χ2v) is 8.56. The first-order chi connectivity index (χ1) is 15.2. The summed E-state index contributed by atoms with van der Waals surface area (Å²) in [7, 11) is 0. The fraction of sp³-hybridized carbons (Fsp3) is 0.227. The minimum absolute atomic E-state index is 0.0491. The fourth-order valence-corrected chi connectivity index (χ4v) is 4.08. The van der Waals surface area contributed by atoms with E-state index in [1.54, 1.807) is 42.5 Å². The lowest BCUT2D eigenvalue weighted by molar-refractivity contribution is -0.124. The number of benzene rings is 2. The highest BCUT2D eigenvalue weighted by molar-refractivity contribution is 9.11. The number of allylic oxidation sites excluding steroid dienone is 1. The Labute approximate surface area is 201 Å². The van der Waals surface area contributed by atoms with Gasteiger partial charge in [-0.05, 0) is 78.5 Å². The molecule has 0 saturated carbocycles. The molecular weight excluding hydrogens is 548 g/mol. The van der Waals surface area contributed by atoms with Crippen molar-refractivity contribution in [3.8, 4) is 5.75 Å². The second-order valence-electron chi connectivity index (χ2n) is 6.79. The topological polar surface area (TPSA) is 125 Å². The molecule has 0 aliphatic heterocycles. The van der Waals surface area contributed by atoms with Crippen molar-refractivity contribution in [2.75, 3.05) is 5.32 Å². The Morgan fingerprint density at radius 1 is 1.16 bits per heavy atom. The summed E-state index contributed by atoms with van der Waals surface area (Å²) in [6.45, 7) is 1.45. The van der Waals surface area contributed by atoms with Gasteiger partial charge in [-0.3, -0.25) is 20.1 Å². The number of nitrogens with one attached hydrogen (secondary N) is 2. The molecule has 10 heteroatoms. The zero-order chi connectivity index (χ0) is 23.7. The van der Waals surface area contributed by atoms with Crippen molar-refractivity contribution in [1.29, 1.82) is 0 Å². The largest absolute Gasteiger partial charge is 0.506 e. The molecule has 0 aliphatic rings. The number of rotatable bonds is 9. The van der Waals surface area contributed by atoms with Crippen LogP contribution in [0.2, 0.25) is 0 Å². The first kappa shape index (κ1) is 25.6. The summed E-state index contributed by atoms with van der Waals surface area (Å²) in [5.41, 5.74) is 2.89. The summed E-state index contributed by atoms with van der Waals surface area (Å²) < 4.78 is 6.72. The number of phenolic OH excluding ortho intramolecular Hbond substituents is 1.